The van der Waals surface area contributed by atoms with E-state index in [1.807, 2.05) is 25.6 Å². The van der Waals surface area contributed by atoms with E-state index in [1.165, 1.54) is 17.3 Å². The van der Waals surface area contributed by atoms with Gasteiger partial charge in [-0.15, -0.1) is 0 Å². The molecular weight excluding hydrogens is 345 g/mol. The van der Waals surface area contributed by atoms with Crippen LogP contribution in [0, 0.1) is 19.7 Å². The van der Waals surface area contributed by atoms with E-state index in [0.717, 1.165) is 12.1 Å². The molecule has 0 spiro atoms. The monoisotopic (exact) mass is 375 g/mol. The lowest BCUT2D eigenvalue weighted by atomic mass is 10.1. The van der Waals surface area contributed by atoms with Gasteiger partial charge < -0.3 is 15.4 Å². The van der Waals surface area contributed by atoms with Crippen LogP contribution in [0.15, 0.2) is 29.3 Å². The van der Waals surface area contributed by atoms with Crippen LogP contribution in [0.5, 0.6) is 5.75 Å². The second kappa shape index (κ2) is 9.39. The van der Waals surface area contributed by atoms with Crippen molar-refractivity contribution in [2.45, 2.75) is 46.3 Å². The molecule has 0 bridgehead atoms. The number of halogens is 1. The smallest absolute Gasteiger partial charge is 0.191 e. The van der Waals surface area contributed by atoms with E-state index in [-0.39, 0.29) is 23.7 Å². The SMILES string of the molecule is CN=C(NCC(C)Oc1ccccc1F)NC(C)Cc1c(C)nn(C)c1C. The zero-order valence-electron chi connectivity index (χ0n) is 17.0. The molecule has 0 fully saturated rings. The summed E-state index contributed by atoms with van der Waals surface area (Å²) in [5.41, 5.74) is 3.48. The summed E-state index contributed by atoms with van der Waals surface area (Å²) in [6.45, 7) is 8.61. The summed E-state index contributed by atoms with van der Waals surface area (Å²) < 4.78 is 21.2. The Morgan fingerprint density at radius 1 is 1.30 bits per heavy atom. The Kier molecular flexibility index (Phi) is 7.21. The number of aliphatic imine (C=N–C) groups is 1. The van der Waals surface area contributed by atoms with Crippen LogP contribution < -0.4 is 15.4 Å². The van der Waals surface area contributed by atoms with Crippen LogP contribution in [0.2, 0.25) is 0 Å². The second-order valence-electron chi connectivity index (χ2n) is 6.83. The summed E-state index contributed by atoms with van der Waals surface area (Å²) >= 11 is 0. The number of rotatable bonds is 7. The normalized spacial score (nSPS) is 14.0. The minimum Gasteiger partial charge on any atom is -0.486 e. The molecule has 6 nitrogen and oxygen atoms in total. The molecule has 0 radical (unpaired) electrons. The molecule has 2 N–H and O–H groups in total. The molecule has 2 unspecified atom stereocenters. The summed E-state index contributed by atoms with van der Waals surface area (Å²) in [4.78, 5) is 4.26. The highest BCUT2D eigenvalue weighted by Crippen LogP contribution is 2.17. The van der Waals surface area contributed by atoms with E-state index in [2.05, 4.69) is 34.6 Å². The van der Waals surface area contributed by atoms with Gasteiger partial charge in [0.05, 0.1) is 12.2 Å². The highest BCUT2D eigenvalue weighted by atomic mass is 19.1. The molecule has 1 aromatic heterocycles. The first-order valence-corrected chi connectivity index (χ1v) is 9.19. The first kappa shape index (κ1) is 20.7. The molecule has 0 aliphatic heterocycles. The number of nitrogens with one attached hydrogen (secondary N) is 2. The Morgan fingerprint density at radius 2 is 2.00 bits per heavy atom. The summed E-state index contributed by atoms with van der Waals surface area (Å²) in [5.74, 6) is 0.582. The van der Waals surface area contributed by atoms with Gasteiger partial charge in [0.2, 0.25) is 0 Å². The average Bonchev–Trinajstić information content (AvgIpc) is 2.86. The zero-order valence-corrected chi connectivity index (χ0v) is 17.0. The zero-order chi connectivity index (χ0) is 20.0. The largest absolute Gasteiger partial charge is 0.486 e. The fraction of sp³-hybridized carbons (Fsp3) is 0.500. The number of aryl methyl sites for hydroxylation is 2. The third-order valence-electron chi connectivity index (χ3n) is 4.50. The van der Waals surface area contributed by atoms with Crippen molar-refractivity contribution in [3.63, 3.8) is 0 Å². The number of nitrogens with zero attached hydrogens (tertiary/aromatic N) is 3. The van der Waals surface area contributed by atoms with Gasteiger partial charge in [0, 0.05) is 25.8 Å². The highest BCUT2D eigenvalue weighted by molar-refractivity contribution is 5.80. The van der Waals surface area contributed by atoms with Crippen molar-refractivity contribution in [2.24, 2.45) is 12.0 Å². The Balaban J connectivity index is 1.85. The Morgan fingerprint density at radius 3 is 2.59 bits per heavy atom. The van der Waals surface area contributed by atoms with Crippen LogP contribution in [0.1, 0.15) is 30.8 Å². The molecule has 2 rings (SSSR count). The van der Waals surface area contributed by atoms with E-state index in [1.54, 1.807) is 25.2 Å². The van der Waals surface area contributed by atoms with Gasteiger partial charge in [0.15, 0.2) is 17.5 Å². The molecule has 0 aliphatic carbocycles. The maximum atomic E-state index is 13.7. The molecule has 148 valence electrons. The molecular formula is C20H30FN5O. The molecule has 0 saturated heterocycles. The minimum atomic E-state index is -0.359. The highest BCUT2D eigenvalue weighted by Gasteiger charge is 2.15. The van der Waals surface area contributed by atoms with Crippen molar-refractivity contribution in [1.82, 2.24) is 20.4 Å². The molecule has 0 amide bonds. The van der Waals surface area contributed by atoms with Crippen LogP contribution in [-0.2, 0) is 13.5 Å². The fourth-order valence-electron chi connectivity index (χ4n) is 2.94. The van der Waals surface area contributed by atoms with E-state index in [9.17, 15) is 4.39 Å². The Hall–Kier alpha value is -2.57. The lowest BCUT2D eigenvalue weighted by Gasteiger charge is -2.21. The molecule has 2 aromatic rings. The topological polar surface area (TPSA) is 63.5 Å². The minimum absolute atomic E-state index is 0.181. The molecule has 27 heavy (non-hydrogen) atoms. The second-order valence-corrected chi connectivity index (χ2v) is 6.83. The maximum Gasteiger partial charge on any atom is 0.191 e. The Labute approximate surface area is 160 Å². The number of benzene rings is 1. The summed E-state index contributed by atoms with van der Waals surface area (Å²) in [6.07, 6.45) is 0.645. The van der Waals surface area contributed by atoms with Crippen molar-refractivity contribution in [2.75, 3.05) is 13.6 Å². The van der Waals surface area contributed by atoms with Gasteiger partial charge in [-0.2, -0.15) is 5.10 Å². The number of aromatic nitrogens is 2. The maximum absolute atomic E-state index is 13.7. The van der Waals surface area contributed by atoms with Gasteiger partial charge >= 0.3 is 0 Å². The van der Waals surface area contributed by atoms with Crippen LogP contribution >= 0.6 is 0 Å². The van der Waals surface area contributed by atoms with Gasteiger partial charge in [0.1, 0.15) is 6.10 Å². The fourth-order valence-corrected chi connectivity index (χ4v) is 2.94. The number of hydrogen-bond donors (Lipinski definition) is 2. The lowest BCUT2D eigenvalue weighted by molar-refractivity contribution is 0.214. The molecule has 1 aromatic carbocycles. The quantitative estimate of drug-likeness (QED) is 0.577. The molecule has 2 atom stereocenters. The summed E-state index contributed by atoms with van der Waals surface area (Å²) in [5, 5.41) is 11.1. The van der Waals surface area contributed by atoms with E-state index in [0.29, 0.717) is 12.5 Å². The van der Waals surface area contributed by atoms with E-state index in [4.69, 9.17) is 4.74 Å². The first-order chi connectivity index (χ1) is 12.8. The number of ether oxygens (including phenoxy) is 1. The number of para-hydroxylation sites is 1. The molecule has 1 heterocycles. The average molecular weight is 375 g/mol. The third kappa shape index (κ3) is 5.70. The van der Waals surface area contributed by atoms with Gasteiger partial charge in [0.25, 0.3) is 0 Å². The van der Waals surface area contributed by atoms with Crippen LogP contribution in [0.25, 0.3) is 0 Å². The van der Waals surface area contributed by atoms with Gasteiger partial charge in [-0.3, -0.25) is 9.67 Å². The summed E-state index contributed by atoms with van der Waals surface area (Å²) in [7, 11) is 3.69. The van der Waals surface area contributed by atoms with Crippen molar-refractivity contribution in [1.29, 1.82) is 0 Å². The van der Waals surface area contributed by atoms with Crippen molar-refractivity contribution < 1.29 is 9.13 Å². The van der Waals surface area contributed by atoms with Crippen molar-refractivity contribution in [3.8, 4) is 5.75 Å². The summed E-state index contributed by atoms with van der Waals surface area (Å²) in [6, 6.07) is 6.59. The standard InChI is InChI=1S/C20H30FN5O/c1-13(11-17-15(3)25-26(6)16(17)4)24-20(22-5)23-12-14(2)27-19-10-8-7-9-18(19)21/h7-10,13-14H,11-12H2,1-6H3,(H2,22,23,24). The number of hydrogen-bond acceptors (Lipinski definition) is 3. The van der Waals surface area contributed by atoms with Crippen LogP contribution in [-0.4, -0.2) is 41.5 Å². The molecule has 0 saturated carbocycles. The Bertz CT molecular complexity index is 787. The van der Waals surface area contributed by atoms with Gasteiger partial charge in [-0.25, -0.2) is 4.39 Å². The van der Waals surface area contributed by atoms with Crippen LogP contribution in [0.4, 0.5) is 4.39 Å². The predicted molar refractivity (Wildman–Crippen MR) is 107 cm³/mol. The van der Waals surface area contributed by atoms with Crippen molar-refractivity contribution >= 4 is 5.96 Å². The predicted octanol–water partition coefficient (Wildman–Crippen LogP) is 2.74. The molecule has 7 heteroatoms. The van der Waals surface area contributed by atoms with Gasteiger partial charge in [-0.05, 0) is 51.8 Å². The van der Waals surface area contributed by atoms with Crippen LogP contribution in [0.3, 0.4) is 0 Å². The van der Waals surface area contributed by atoms with Gasteiger partial charge in [-0.1, -0.05) is 12.1 Å². The first-order valence-electron chi connectivity index (χ1n) is 9.19. The lowest BCUT2D eigenvalue weighted by Crippen LogP contribution is -2.45. The number of guanidine groups is 1. The molecule has 0 aliphatic rings. The van der Waals surface area contributed by atoms with E-state index < -0.39 is 0 Å². The third-order valence-corrected chi connectivity index (χ3v) is 4.50. The van der Waals surface area contributed by atoms with Crippen molar-refractivity contribution in [3.05, 3.63) is 47.0 Å². The van der Waals surface area contributed by atoms with E-state index >= 15 is 0 Å².